The molecule has 0 unspecified atom stereocenters. The maximum Gasteiger partial charge on any atom is 0.243 e. The Labute approximate surface area is 161 Å². The van der Waals surface area contributed by atoms with Crippen LogP contribution in [0, 0.1) is 0 Å². The van der Waals surface area contributed by atoms with Crippen LogP contribution < -0.4 is 10.6 Å². The van der Waals surface area contributed by atoms with Gasteiger partial charge in [-0.25, -0.2) is 8.42 Å². The van der Waals surface area contributed by atoms with E-state index in [4.69, 9.17) is 0 Å². The number of hydrogen-bond donors (Lipinski definition) is 2. The summed E-state index contributed by atoms with van der Waals surface area (Å²) in [7, 11) is -3.46. The van der Waals surface area contributed by atoms with Crippen LogP contribution >= 0.6 is 0 Å². The van der Waals surface area contributed by atoms with Gasteiger partial charge in [-0.3, -0.25) is 4.79 Å². The van der Waals surface area contributed by atoms with Gasteiger partial charge in [0.05, 0.1) is 11.4 Å². The van der Waals surface area contributed by atoms with Crippen molar-refractivity contribution in [3.8, 4) is 0 Å². The zero-order valence-corrected chi connectivity index (χ0v) is 16.8. The fourth-order valence-corrected chi connectivity index (χ4v) is 4.19. The first-order chi connectivity index (χ1) is 12.9. The van der Waals surface area contributed by atoms with Crippen molar-refractivity contribution in [1.29, 1.82) is 0 Å². The van der Waals surface area contributed by atoms with Gasteiger partial charge in [0.25, 0.3) is 0 Å². The van der Waals surface area contributed by atoms with Gasteiger partial charge in [-0.2, -0.15) is 4.31 Å². The molecule has 0 aliphatic heterocycles. The highest BCUT2D eigenvalue weighted by Crippen LogP contribution is 2.19. The SMILES string of the molecule is CCN(CC)S(=O)(=O)c1ccc([C@@H](C)NCC(=O)Nc2ccccc2)cc1. The number of rotatable bonds is 9. The Morgan fingerprint density at radius 3 is 2.15 bits per heavy atom. The minimum Gasteiger partial charge on any atom is -0.325 e. The van der Waals surface area contributed by atoms with Gasteiger partial charge in [0.2, 0.25) is 15.9 Å². The summed E-state index contributed by atoms with van der Waals surface area (Å²) in [6, 6.07) is 16.0. The maximum absolute atomic E-state index is 12.5. The van der Waals surface area contributed by atoms with E-state index < -0.39 is 10.0 Å². The quantitative estimate of drug-likeness (QED) is 0.691. The van der Waals surface area contributed by atoms with Crippen LogP contribution in [0.15, 0.2) is 59.5 Å². The molecule has 2 aromatic carbocycles. The highest BCUT2D eigenvalue weighted by Gasteiger charge is 2.21. The highest BCUT2D eigenvalue weighted by atomic mass is 32.2. The molecule has 0 saturated heterocycles. The number of benzene rings is 2. The van der Waals surface area contributed by atoms with E-state index in [0.29, 0.717) is 13.1 Å². The third kappa shape index (κ3) is 5.63. The normalized spacial score (nSPS) is 12.7. The van der Waals surface area contributed by atoms with Crippen LogP contribution in [0.5, 0.6) is 0 Å². The first kappa shape index (κ1) is 21.1. The lowest BCUT2D eigenvalue weighted by atomic mass is 10.1. The molecule has 146 valence electrons. The van der Waals surface area contributed by atoms with Gasteiger partial charge in [-0.15, -0.1) is 0 Å². The summed E-state index contributed by atoms with van der Waals surface area (Å²) in [6.45, 7) is 6.62. The summed E-state index contributed by atoms with van der Waals surface area (Å²) in [4.78, 5) is 12.3. The first-order valence-electron chi connectivity index (χ1n) is 9.06. The van der Waals surface area contributed by atoms with Crippen LogP contribution in [-0.4, -0.2) is 38.3 Å². The molecule has 0 aromatic heterocycles. The molecule has 27 heavy (non-hydrogen) atoms. The van der Waals surface area contributed by atoms with Crippen LogP contribution in [0.25, 0.3) is 0 Å². The molecule has 0 radical (unpaired) electrons. The van der Waals surface area contributed by atoms with Gasteiger partial charge in [-0.05, 0) is 36.8 Å². The number of carbonyl (C=O) groups is 1. The summed E-state index contributed by atoms with van der Waals surface area (Å²) >= 11 is 0. The first-order valence-corrected chi connectivity index (χ1v) is 10.5. The second kappa shape index (κ2) is 9.64. The van der Waals surface area contributed by atoms with Crippen LogP contribution in [0.2, 0.25) is 0 Å². The highest BCUT2D eigenvalue weighted by molar-refractivity contribution is 7.89. The molecular formula is C20H27N3O3S. The van der Waals surface area contributed by atoms with Crippen molar-refractivity contribution in [1.82, 2.24) is 9.62 Å². The summed E-state index contributed by atoms with van der Waals surface area (Å²) < 4.78 is 26.5. The number of para-hydroxylation sites is 1. The topological polar surface area (TPSA) is 78.5 Å². The summed E-state index contributed by atoms with van der Waals surface area (Å²) in [5.41, 5.74) is 1.67. The molecule has 2 N–H and O–H groups in total. The van der Waals surface area contributed by atoms with E-state index >= 15 is 0 Å². The molecule has 2 rings (SSSR count). The predicted molar refractivity (Wildman–Crippen MR) is 108 cm³/mol. The molecule has 1 atom stereocenters. The molecule has 1 amide bonds. The molecule has 6 nitrogen and oxygen atoms in total. The molecule has 0 spiro atoms. The van der Waals surface area contributed by atoms with Gasteiger partial charge in [0, 0.05) is 24.8 Å². The number of carbonyl (C=O) groups excluding carboxylic acids is 1. The standard InChI is InChI=1S/C20H27N3O3S/c1-4-23(5-2)27(25,26)19-13-11-17(12-14-19)16(3)21-15-20(24)22-18-9-7-6-8-10-18/h6-14,16,21H,4-5,15H2,1-3H3,(H,22,24)/t16-/m1/s1. The third-order valence-electron chi connectivity index (χ3n) is 4.35. The molecule has 0 bridgehead atoms. The zero-order chi connectivity index (χ0) is 19.9. The van der Waals surface area contributed by atoms with Gasteiger partial charge in [0.1, 0.15) is 0 Å². The summed E-state index contributed by atoms with van der Waals surface area (Å²) in [5, 5.41) is 5.97. The molecule has 7 heteroatoms. The largest absolute Gasteiger partial charge is 0.325 e. The monoisotopic (exact) mass is 389 g/mol. The predicted octanol–water partition coefficient (Wildman–Crippen LogP) is 3.01. The Morgan fingerprint density at radius 2 is 1.59 bits per heavy atom. The Kier molecular flexibility index (Phi) is 7.53. The summed E-state index contributed by atoms with van der Waals surface area (Å²) in [5.74, 6) is -0.131. The molecule has 0 fully saturated rings. The average Bonchev–Trinajstić information content (AvgIpc) is 2.67. The van der Waals surface area contributed by atoms with Gasteiger partial charge in [-0.1, -0.05) is 44.2 Å². The zero-order valence-electron chi connectivity index (χ0n) is 16.0. The number of anilines is 1. The van der Waals surface area contributed by atoms with E-state index in [1.54, 1.807) is 24.3 Å². The smallest absolute Gasteiger partial charge is 0.243 e. The van der Waals surface area contributed by atoms with Gasteiger partial charge >= 0.3 is 0 Å². The number of hydrogen-bond acceptors (Lipinski definition) is 4. The van der Waals surface area contributed by atoms with Crippen LogP contribution in [0.4, 0.5) is 5.69 Å². The minimum atomic E-state index is -3.46. The van der Waals surface area contributed by atoms with Crippen LogP contribution in [0.1, 0.15) is 32.4 Å². The second-order valence-electron chi connectivity index (χ2n) is 6.18. The molecule has 0 aliphatic rings. The van der Waals surface area contributed by atoms with E-state index in [1.807, 2.05) is 51.1 Å². The van der Waals surface area contributed by atoms with E-state index in [0.717, 1.165) is 11.3 Å². The number of nitrogens with one attached hydrogen (secondary N) is 2. The van der Waals surface area contributed by atoms with Crippen LogP contribution in [0.3, 0.4) is 0 Å². The molecular weight excluding hydrogens is 362 g/mol. The maximum atomic E-state index is 12.5. The van der Waals surface area contributed by atoms with Crippen molar-refractivity contribution in [3.63, 3.8) is 0 Å². The van der Waals surface area contributed by atoms with Crippen molar-refractivity contribution < 1.29 is 13.2 Å². The van der Waals surface area contributed by atoms with Crippen molar-refractivity contribution in [2.24, 2.45) is 0 Å². The van der Waals surface area contributed by atoms with Crippen LogP contribution in [-0.2, 0) is 14.8 Å². The Hall–Kier alpha value is -2.22. The fourth-order valence-electron chi connectivity index (χ4n) is 2.73. The van der Waals surface area contributed by atoms with E-state index in [1.165, 1.54) is 4.31 Å². The van der Waals surface area contributed by atoms with Gasteiger partial charge < -0.3 is 10.6 Å². The Bertz CT molecular complexity index is 833. The van der Waals surface area contributed by atoms with E-state index in [9.17, 15) is 13.2 Å². The molecule has 2 aromatic rings. The molecule has 0 saturated carbocycles. The second-order valence-corrected chi connectivity index (χ2v) is 8.11. The molecule has 0 aliphatic carbocycles. The number of nitrogens with zero attached hydrogens (tertiary/aromatic N) is 1. The van der Waals surface area contributed by atoms with Gasteiger partial charge in [0.15, 0.2) is 0 Å². The van der Waals surface area contributed by atoms with E-state index in [2.05, 4.69) is 10.6 Å². The minimum absolute atomic E-state index is 0.0864. The lowest BCUT2D eigenvalue weighted by Crippen LogP contribution is -2.31. The van der Waals surface area contributed by atoms with Crippen molar-refractivity contribution in [2.75, 3.05) is 25.0 Å². The Balaban J connectivity index is 1.95. The Morgan fingerprint density at radius 1 is 1.00 bits per heavy atom. The molecule has 0 heterocycles. The fraction of sp³-hybridized carbons (Fsp3) is 0.350. The van der Waals surface area contributed by atoms with Crippen molar-refractivity contribution >= 4 is 21.6 Å². The third-order valence-corrected chi connectivity index (χ3v) is 6.41. The summed E-state index contributed by atoms with van der Waals surface area (Å²) in [6.07, 6.45) is 0. The lowest BCUT2D eigenvalue weighted by molar-refractivity contribution is -0.115. The average molecular weight is 390 g/mol. The number of amides is 1. The number of sulfonamides is 1. The van der Waals surface area contributed by atoms with Crippen molar-refractivity contribution in [2.45, 2.75) is 31.7 Å². The lowest BCUT2D eigenvalue weighted by Gasteiger charge is -2.19. The van der Waals surface area contributed by atoms with E-state index in [-0.39, 0.29) is 23.4 Å². The van der Waals surface area contributed by atoms with Crippen molar-refractivity contribution in [3.05, 3.63) is 60.2 Å².